The summed E-state index contributed by atoms with van der Waals surface area (Å²) in [6, 6.07) is 18.5. The molecule has 17 heavy (non-hydrogen) atoms. The summed E-state index contributed by atoms with van der Waals surface area (Å²) < 4.78 is 0. The van der Waals surface area contributed by atoms with Gasteiger partial charge < -0.3 is 5.11 Å². The summed E-state index contributed by atoms with van der Waals surface area (Å²) in [4.78, 5) is 11.3. The minimum atomic E-state index is -0.822. The van der Waals surface area contributed by atoms with Crippen molar-refractivity contribution in [2.24, 2.45) is 0 Å². The number of carbonyl (C=O) groups is 1. The Labute approximate surface area is 130 Å². The van der Waals surface area contributed by atoms with Gasteiger partial charge in [-0.05, 0) is 11.1 Å². The quantitative estimate of drug-likeness (QED) is 0.851. The van der Waals surface area contributed by atoms with Gasteiger partial charge in [-0.2, -0.15) is 0 Å². The molecule has 0 spiro atoms. The molecule has 0 saturated carbocycles. The van der Waals surface area contributed by atoms with Gasteiger partial charge in [0.05, 0.1) is 0 Å². The zero-order valence-corrected chi connectivity index (χ0v) is 8.71. The fourth-order valence-corrected chi connectivity index (χ4v) is 1.77. The molecule has 3 heteroatoms. The van der Waals surface area contributed by atoms with E-state index in [2.05, 4.69) is 0 Å². The van der Waals surface area contributed by atoms with Crippen molar-refractivity contribution in [1.29, 1.82) is 0 Å². The van der Waals surface area contributed by atoms with E-state index in [-0.39, 0.29) is 37.7 Å². The predicted octanol–water partition coefficient (Wildman–Crippen LogP) is 1.99. The van der Waals surface area contributed by atoms with Crippen LogP contribution < -0.4 is 0 Å². The molecule has 0 atom stereocenters. The van der Waals surface area contributed by atoms with Crippen molar-refractivity contribution in [3.63, 3.8) is 0 Å². The Hall–Kier alpha value is -0.830. The molecule has 0 bridgehead atoms. The van der Waals surface area contributed by atoms with Gasteiger partial charge in [0.2, 0.25) is 0 Å². The molecule has 1 N–H and O–H groups in total. The van der Waals surface area contributed by atoms with Crippen molar-refractivity contribution >= 4 is 43.7 Å². The summed E-state index contributed by atoms with van der Waals surface area (Å²) in [6.07, 6.45) is 0. The molecular formula is C14H14CaO2. The zero-order valence-electron chi connectivity index (χ0n) is 8.71. The minimum absolute atomic E-state index is 0. The molecule has 0 aliphatic rings. The summed E-state index contributed by atoms with van der Waals surface area (Å²) in [7, 11) is 0. The van der Waals surface area contributed by atoms with E-state index < -0.39 is 11.9 Å². The summed E-state index contributed by atoms with van der Waals surface area (Å²) in [5, 5.41) is 9.28. The SMILES string of the molecule is O=C(O)C(c1ccccc1)c1ccccc1.[CaH2]. The molecule has 0 unspecified atom stereocenters. The van der Waals surface area contributed by atoms with E-state index in [1.165, 1.54) is 0 Å². The summed E-state index contributed by atoms with van der Waals surface area (Å²) in [5.41, 5.74) is 1.61. The first-order chi connectivity index (χ1) is 7.79. The second-order valence-electron chi connectivity index (χ2n) is 3.59. The van der Waals surface area contributed by atoms with Crippen LogP contribution in [-0.2, 0) is 4.79 Å². The Morgan fingerprint density at radius 2 is 1.18 bits per heavy atom. The molecule has 2 aromatic rings. The van der Waals surface area contributed by atoms with E-state index in [1.807, 2.05) is 60.7 Å². The Balaban J connectivity index is 0.00000144. The van der Waals surface area contributed by atoms with Crippen LogP contribution in [0.4, 0.5) is 0 Å². The fourth-order valence-electron chi connectivity index (χ4n) is 1.77. The molecule has 0 amide bonds. The number of rotatable bonds is 3. The summed E-state index contributed by atoms with van der Waals surface area (Å²) in [6.45, 7) is 0. The zero-order chi connectivity index (χ0) is 11.4. The van der Waals surface area contributed by atoms with Crippen molar-refractivity contribution in [3.05, 3.63) is 71.8 Å². The van der Waals surface area contributed by atoms with Gasteiger partial charge in [0, 0.05) is 0 Å². The average molecular weight is 254 g/mol. The van der Waals surface area contributed by atoms with Gasteiger partial charge >= 0.3 is 43.7 Å². The van der Waals surface area contributed by atoms with E-state index in [4.69, 9.17) is 0 Å². The molecule has 2 rings (SSSR count). The van der Waals surface area contributed by atoms with Crippen LogP contribution in [0.5, 0.6) is 0 Å². The van der Waals surface area contributed by atoms with Gasteiger partial charge in [0.1, 0.15) is 5.92 Å². The van der Waals surface area contributed by atoms with Crippen LogP contribution in [0.25, 0.3) is 0 Å². The molecular weight excluding hydrogens is 240 g/mol. The molecule has 0 radical (unpaired) electrons. The molecule has 2 nitrogen and oxygen atoms in total. The van der Waals surface area contributed by atoms with Gasteiger partial charge in [0.25, 0.3) is 0 Å². The van der Waals surface area contributed by atoms with Crippen LogP contribution in [0.15, 0.2) is 60.7 Å². The van der Waals surface area contributed by atoms with Crippen molar-refractivity contribution < 1.29 is 9.90 Å². The first-order valence-corrected chi connectivity index (χ1v) is 5.12. The second kappa shape index (κ2) is 6.80. The summed E-state index contributed by atoms with van der Waals surface area (Å²) in [5.74, 6) is -1.40. The Kier molecular flexibility index (Phi) is 5.69. The number of aliphatic carboxylic acids is 1. The van der Waals surface area contributed by atoms with Crippen LogP contribution in [0.2, 0.25) is 0 Å². The molecule has 84 valence electrons. The molecule has 0 fully saturated rings. The Bertz CT molecular complexity index is 429. The third-order valence-electron chi connectivity index (χ3n) is 2.51. The van der Waals surface area contributed by atoms with E-state index >= 15 is 0 Å². The van der Waals surface area contributed by atoms with E-state index in [9.17, 15) is 9.90 Å². The first-order valence-electron chi connectivity index (χ1n) is 5.12. The second-order valence-corrected chi connectivity index (χ2v) is 3.59. The normalized spacial score (nSPS) is 9.71. The van der Waals surface area contributed by atoms with E-state index in [0.29, 0.717) is 0 Å². The fraction of sp³-hybridized carbons (Fsp3) is 0.0714. The topological polar surface area (TPSA) is 37.3 Å². The van der Waals surface area contributed by atoms with Crippen molar-refractivity contribution in [2.45, 2.75) is 5.92 Å². The number of carboxylic acid groups (broad SMARTS) is 1. The standard InChI is InChI=1S/C14H12O2.Ca.2H/c15-14(16)13(11-7-3-1-4-8-11)12-9-5-2-6-10-12;;;/h1-10,13H,(H,15,16);;;. The third-order valence-corrected chi connectivity index (χ3v) is 2.51. The average Bonchev–Trinajstić information content (AvgIpc) is 2.31. The van der Waals surface area contributed by atoms with Gasteiger partial charge in [-0.15, -0.1) is 0 Å². The van der Waals surface area contributed by atoms with Gasteiger partial charge in [0.15, 0.2) is 0 Å². The Morgan fingerprint density at radius 3 is 1.47 bits per heavy atom. The molecule has 0 aliphatic carbocycles. The maximum absolute atomic E-state index is 11.3. The molecule has 0 saturated heterocycles. The van der Waals surface area contributed by atoms with Gasteiger partial charge in [-0.1, -0.05) is 60.7 Å². The first kappa shape index (κ1) is 14.2. The number of hydrogen-bond acceptors (Lipinski definition) is 1. The predicted molar refractivity (Wildman–Crippen MR) is 70.9 cm³/mol. The van der Waals surface area contributed by atoms with Gasteiger partial charge in [-0.25, -0.2) is 0 Å². The molecule has 0 heterocycles. The third kappa shape index (κ3) is 3.56. The number of carboxylic acids is 1. The van der Waals surface area contributed by atoms with Crippen LogP contribution in [0, 0.1) is 0 Å². The van der Waals surface area contributed by atoms with E-state index in [0.717, 1.165) is 11.1 Å². The molecule has 0 aliphatic heterocycles. The van der Waals surface area contributed by atoms with Gasteiger partial charge in [-0.3, -0.25) is 4.79 Å². The van der Waals surface area contributed by atoms with Crippen molar-refractivity contribution in [1.82, 2.24) is 0 Å². The monoisotopic (exact) mass is 254 g/mol. The number of hydrogen-bond donors (Lipinski definition) is 1. The maximum atomic E-state index is 11.3. The van der Waals surface area contributed by atoms with Crippen molar-refractivity contribution in [3.8, 4) is 0 Å². The number of benzene rings is 2. The summed E-state index contributed by atoms with van der Waals surface area (Å²) >= 11 is 0. The van der Waals surface area contributed by atoms with Crippen LogP contribution in [0.1, 0.15) is 17.0 Å². The Morgan fingerprint density at radius 1 is 0.824 bits per heavy atom. The van der Waals surface area contributed by atoms with Crippen LogP contribution >= 0.6 is 0 Å². The van der Waals surface area contributed by atoms with E-state index in [1.54, 1.807) is 0 Å². The van der Waals surface area contributed by atoms with Crippen molar-refractivity contribution in [2.75, 3.05) is 0 Å². The molecule has 2 aromatic carbocycles. The van der Waals surface area contributed by atoms with Crippen LogP contribution in [-0.4, -0.2) is 48.8 Å². The van der Waals surface area contributed by atoms with Crippen LogP contribution in [0.3, 0.4) is 0 Å². The molecule has 0 aromatic heterocycles.